The summed E-state index contributed by atoms with van der Waals surface area (Å²) in [4.78, 5) is 23.1. The fourth-order valence-corrected chi connectivity index (χ4v) is 3.26. The van der Waals surface area contributed by atoms with Crippen molar-refractivity contribution in [3.63, 3.8) is 0 Å². The van der Waals surface area contributed by atoms with Gasteiger partial charge in [0.1, 0.15) is 0 Å². The minimum absolute atomic E-state index is 0.0936. The molecule has 0 bridgehead atoms. The van der Waals surface area contributed by atoms with Gasteiger partial charge in [0.15, 0.2) is 0 Å². The number of hydrogen-bond donors (Lipinski definition) is 2. The molecule has 2 amide bonds. The Morgan fingerprint density at radius 2 is 1.96 bits per heavy atom. The molecule has 8 heteroatoms. The lowest BCUT2D eigenvalue weighted by atomic mass is 10.1. The molecule has 0 spiro atoms. The van der Waals surface area contributed by atoms with Crippen LogP contribution in [0.2, 0.25) is 0 Å². The fourth-order valence-electron chi connectivity index (χ4n) is 2.17. The molecular weight excluding hydrogens is 318 g/mol. The summed E-state index contributed by atoms with van der Waals surface area (Å²) in [6.07, 6.45) is 0.914. The van der Waals surface area contributed by atoms with Crippen molar-refractivity contribution >= 4 is 22.0 Å². The van der Waals surface area contributed by atoms with Gasteiger partial charge in [-0.15, -0.1) is 0 Å². The average molecular weight is 339 g/mol. The molecule has 1 aliphatic heterocycles. The van der Waals surface area contributed by atoms with Crippen molar-refractivity contribution in [2.24, 2.45) is 5.92 Å². The molecule has 0 saturated carbocycles. The maximum Gasteiger partial charge on any atom is 0.304 e. The first-order valence-corrected chi connectivity index (χ1v) is 8.90. The van der Waals surface area contributed by atoms with Crippen LogP contribution >= 0.6 is 0 Å². The highest BCUT2D eigenvalue weighted by Gasteiger charge is 2.33. The maximum absolute atomic E-state index is 12.0. The molecule has 23 heavy (non-hydrogen) atoms. The van der Waals surface area contributed by atoms with Crippen LogP contribution in [0.3, 0.4) is 0 Å². The van der Waals surface area contributed by atoms with Crippen molar-refractivity contribution in [2.45, 2.75) is 26.8 Å². The summed E-state index contributed by atoms with van der Waals surface area (Å²) in [5.74, 6) is -0.162. The van der Waals surface area contributed by atoms with Gasteiger partial charge in [0.25, 0.3) is 5.91 Å². The van der Waals surface area contributed by atoms with Crippen molar-refractivity contribution in [1.82, 2.24) is 14.3 Å². The number of rotatable bonds is 6. The summed E-state index contributed by atoms with van der Waals surface area (Å²) in [7, 11) is -3.73. The van der Waals surface area contributed by atoms with Crippen molar-refractivity contribution in [1.29, 1.82) is 0 Å². The third kappa shape index (κ3) is 4.77. The zero-order valence-electron chi connectivity index (χ0n) is 13.2. The molecule has 1 aromatic carbocycles. The molecule has 0 radical (unpaired) electrons. The van der Waals surface area contributed by atoms with Crippen molar-refractivity contribution in [3.8, 4) is 0 Å². The van der Waals surface area contributed by atoms with Gasteiger partial charge in [-0.3, -0.25) is 9.59 Å². The number of nitrogens with one attached hydrogen (secondary N) is 2. The monoisotopic (exact) mass is 339 g/mol. The largest absolute Gasteiger partial charge is 0.352 e. The summed E-state index contributed by atoms with van der Waals surface area (Å²) in [5, 5.41) is 2.84. The summed E-state index contributed by atoms with van der Waals surface area (Å²) in [6.45, 7) is 4.72. The number of nitrogens with zero attached hydrogens (tertiary/aromatic N) is 1. The van der Waals surface area contributed by atoms with Gasteiger partial charge < -0.3 is 5.32 Å². The third-order valence-electron chi connectivity index (χ3n) is 3.48. The van der Waals surface area contributed by atoms with E-state index in [1.54, 1.807) is 24.3 Å². The molecule has 1 aliphatic rings. The summed E-state index contributed by atoms with van der Waals surface area (Å²) in [6, 6.07) is 6.68. The van der Waals surface area contributed by atoms with Crippen molar-refractivity contribution < 1.29 is 18.0 Å². The predicted molar refractivity (Wildman–Crippen MR) is 85.7 cm³/mol. The van der Waals surface area contributed by atoms with Gasteiger partial charge >= 0.3 is 10.2 Å². The van der Waals surface area contributed by atoms with Crippen LogP contribution in [0.15, 0.2) is 24.3 Å². The Kier molecular flexibility index (Phi) is 5.38. The highest BCUT2D eigenvalue weighted by Crippen LogP contribution is 2.13. The molecule has 7 nitrogen and oxygen atoms in total. The Hall–Kier alpha value is -1.93. The van der Waals surface area contributed by atoms with Crippen LogP contribution in [-0.2, 0) is 21.5 Å². The van der Waals surface area contributed by atoms with E-state index in [-0.39, 0.29) is 19.0 Å². The van der Waals surface area contributed by atoms with E-state index in [1.165, 1.54) is 0 Å². The van der Waals surface area contributed by atoms with Crippen LogP contribution in [0.4, 0.5) is 0 Å². The van der Waals surface area contributed by atoms with Gasteiger partial charge in [-0.05, 0) is 30.0 Å². The summed E-state index contributed by atoms with van der Waals surface area (Å²) < 4.78 is 26.3. The molecular formula is C15H21N3O4S. The quantitative estimate of drug-likeness (QED) is 0.795. The SMILES string of the molecule is CC(C)CCNC(=O)c1ccc(CN2CC(=O)NS2(=O)=O)cc1. The van der Waals surface area contributed by atoms with E-state index >= 15 is 0 Å². The van der Waals surface area contributed by atoms with E-state index < -0.39 is 16.1 Å². The van der Waals surface area contributed by atoms with Gasteiger partial charge in [0.05, 0.1) is 6.54 Å². The highest BCUT2D eigenvalue weighted by atomic mass is 32.2. The summed E-state index contributed by atoms with van der Waals surface area (Å²) >= 11 is 0. The van der Waals surface area contributed by atoms with E-state index in [0.29, 0.717) is 23.6 Å². The van der Waals surface area contributed by atoms with E-state index in [2.05, 4.69) is 19.2 Å². The molecule has 2 rings (SSSR count). The lowest BCUT2D eigenvalue weighted by molar-refractivity contribution is -0.118. The predicted octanol–water partition coefficient (Wildman–Crippen LogP) is 0.639. The first-order chi connectivity index (χ1) is 10.8. The standard InChI is InChI=1S/C15H21N3O4S/c1-11(2)7-8-16-15(20)13-5-3-12(4-6-13)9-18-10-14(19)17-23(18,21)22/h3-6,11H,7-10H2,1-2H3,(H,16,20)(H,17,19). The second kappa shape index (κ2) is 7.10. The first kappa shape index (κ1) is 17.4. The van der Waals surface area contributed by atoms with Crippen LogP contribution in [0.1, 0.15) is 36.2 Å². The van der Waals surface area contributed by atoms with Crippen molar-refractivity contribution in [2.75, 3.05) is 13.1 Å². The van der Waals surface area contributed by atoms with Crippen LogP contribution in [-0.4, -0.2) is 37.6 Å². The smallest absolute Gasteiger partial charge is 0.304 e. The molecule has 0 atom stereocenters. The summed E-state index contributed by atoms with van der Waals surface area (Å²) in [5.41, 5.74) is 1.24. The van der Waals surface area contributed by atoms with Crippen LogP contribution < -0.4 is 10.0 Å². The topological polar surface area (TPSA) is 95.6 Å². The maximum atomic E-state index is 12.0. The highest BCUT2D eigenvalue weighted by molar-refractivity contribution is 7.88. The molecule has 1 saturated heterocycles. The number of carbonyl (C=O) groups is 2. The molecule has 0 aliphatic carbocycles. The number of carbonyl (C=O) groups excluding carboxylic acids is 2. The van der Waals surface area contributed by atoms with Gasteiger partial charge in [0, 0.05) is 18.7 Å². The second-order valence-corrected chi connectivity index (χ2v) is 7.60. The zero-order valence-corrected chi connectivity index (χ0v) is 14.0. The molecule has 126 valence electrons. The van der Waals surface area contributed by atoms with Gasteiger partial charge in [-0.2, -0.15) is 12.7 Å². The molecule has 1 aromatic rings. The minimum Gasteiger partial charge on any atom is -0.352 e. The normalized spacial score (nSPS) is 17.3. The lowest BCUT2D eigenvalue weighted by Crippen LogP contribution is -2.29. The molecule has 0 aromatic heterocycles. The molecule has 1 heterocycles. The lowest BCUT2D eigenvalue weighted by Gasteiger charge is -2.12. The number of hydrogen-bond acceptors (Lipinski definition) is 4. The molecule has 2 N–H and O–H groups in total. The van der Waals surface area contributed by atoms with Gasteiger partial charge in [-0.1, -0.05) is 26.0 Å². The van der Waals surface area contributed by atoms with E-state index in [9.17, 15) is 18.0 Å². The second-order valence-electron chi connectivity index (χ2n) is 5.93. The Bertz CT molecular complexity index is 683. The van der Waals surface area contributed by atoms with E-state index in [1.807, 2.05) is 4.72 Å². The third-order valence-corrected chi connectivity index (χ3v) is 4.91. The molecule has 1 fully saturated rings. The average Bonchev–Trinajstić information content (AvgIpc) is 2.71. The van der Waals surface area contributed by atoms with Crippen LogP contribution in [0.25, 0.3) is 0 Å². The molecule has 0 unspecified atom stereocenters. The van der Waals surface area contributed by atoms with Crippen molar-refractivity contribution in [3.05, 3.63) is 35.4 Å². The fraction of sp³-hybridized carbons (Fsp3) is 0.467. The van der Waals surface area contributed by atoms with Gasteiger partial charge in [0.2, 0.25) is 5.91 Å². The van der Waals surface area contributed by atoms with Gasteiger partial charge in [-0.25, -0.2) is 4.72 Å². The van der Waals surface area contributed by atoms with E-state index in [4.69, 9.17) is 0 Å². The van der Waals surface area contributed by atoms with Crippen LogP contribution in [0.5, 0.6) is 0 Å². The van der Waals surface area contributed by atoms with Crippen LogP contribution in [0, 0.1) is 5.92 Å². The minimum atomic E-state index is -3.73. The Balaban J connectivity index is 1.94. The zero-order chi connectivity index (χ0) is 17.0. The van der Waals surface area contributed by atoms with E-state index in [0.717, 1.165) is 10.7 Å². The number of amides is 2. The Morgan fingerprint density at radius 3 is 2.48 bits per heavy atom. The Morgan fingerprint density at radius 1 is 1.30 bits per heavy atom. The Labute approximate surface area is 136 Å². The first-order valence-electron chi connectivity index (χ1n) is 7.46. The number of benzene rings is 1.